The highest BCUT2D eigenvalue weighted by Gasteiger charge is 2.23. The van der Waals surface area contributed by atoms with Gasteiger partial charge in [-0.3, -0.25) is 4.98 Å². The molecule has 0 amide bonds. The third kappa shape index (κ3) is 3.24. The monoisotopic (exact) mass is 255 g/mol. The third-order valence-electron chi connectivity index (χ3n) is 2.87. The molecule has 94 valence electrons. The van der Waals surface area contributed by atoms with Crippen molar-refractivity contribution in [1.82, 2.24) is 9.71 Å². The molecule has 0 spiro atoms. The standard InChI is InChI=1S/C11H17N3O2S/c12-8-10-11(2-1-6-13-10)17(15,16)14-7-5-9-3-4-9/h1-2,6,9,14H,3-5,7-8,12H2. The number of sulfonamides is 1. The molecule has 1 aromatic rings. The van der Waals surface area contributed by atoms with Crippen LogP contribution in [0.2, 0.25) is 0 Å². The van der Waals surface area contributed by atoms with E-state index in [1.807, 2.05) is 0 Å². The number of aromatic nitrogens is 1. The van der Waals surface area contributed by atoms with Gasteiger partial charge in [0.25, 0.3) is 0 Å². The summed E-state index contributed by atoms with van der Waals surface area (Å²) in [6.07, 6.45) is 4.91. The molecular formula is C11H17N3O2S. The molecule has 0 bridgehead atoms. The topological polar surface area (TPSA) is 85.1 Å². The predicted octanol–water partition coefficient (Wildman–Crippen LogP) is 0.619. The highest BCUT2D eigenvalue weighted by Crippen LogP contribution is 2.31. The number of nitrogens with two attached hydrogens (primary N) is 1. The zero-order valence-corrected chi connectivity index (χ0v) is 10.4. The number of hydrogen-bond acceptors (Lipinski definition) is 4. The van der Waals surface area contributed by atoms with Gasteiger partial charge in [0.05, 0.1) is 5.69 Å². The second kappa shape index (κ2) is 5.12. The fourth-order valence-electron chi connectivity index (χ4n) is 1.70. The molecule has 1 aliphatic rings. The fourth-order valence-corrected chi connectivity index (χ4v) is 2.95. The SMILES string of the molecule is NCc1ncccc1S(=O)(=O)NCCC1CC1. The molecule has 5 nitrogen and oxygen atoms in total. The number of nitrogens with one attached hydrogen (secondary N) is 1. The minimum atomic E-state index is -3.46. The van der Waals surface area contributed by atoms with Gasteiger partial charge in [0, 0.05) is 19.3 Å². The van der Waals surface area contributed by atoms with Gasteiger partial charge in [-0.25, -0.2) is 13.1 Å². The molecule has 0 unspecified atom stereocenters. The van der Waals surface area contributed by atoms with Crippen LogP contribution in [0.5, 0.6) is 0 Å². The van der Waals surface area contributed by atoms with Crippen LogP contribution in [0.25, 0.3) is 0 Å². The van der Waals surface area contributed by atoms with Gasteiger partial charge in [-0.15, -0.1) is 0 Å². The largest absolute Gasteiger partial charge is 0.325 e. The van der Waals surface area contributed by atoms with E-state index in [1.165, 1.54) is 18.9 Å². The number of nitrogens with zero attached hydrogens (tertiary/aromatic N) is 1. The summed E-state index contributed by atoms with van der Waals surface area (Å²) < 4.78 is 26.6. The molecule has 3 N–H and O–H groups in total. The van der Waals surface area contributed by atoms with E-state index in [2.05, 4.69) is 9.71 Å². The fraction of sp³-hybridized carbons (Fsp3) is 0.545. The van der Waals surface area contributed by atoms with Gasteiger partial charge < -0.3 is 5.73 Å². The van der Waals surface area contributed by atoms with E-state index < -0.39 is 10.0 Å². The maximum atomic E-state index is 12.0. The molecule has 17 heavy (non-hydrogen) atoms. The Balaban J connectivity index is 2.06. The molecule has 0 saturated heterocycles. The van der Waals surface area contributed by atoms with Crippen LogP contribution in [0.15, 0.2) is 23.2 Å². The van der Waals surface area contributed by atoms with Crippen LogP contribution < -0.4 is 10.5 Å². The van der Waals surface area contributed by atoms with E-state index in [0.29, 0.717) is 18.2 Å². The molecule has 1 saturated carbocycles. The lowest BCUT2D eigenvalue weighted by molar-refractivity contribution is 0.573. The molecule has 0 aliphatic heterocycles. The van der Waals surface area contributed by atoms with E-state index in [1.54, 1.807) is 12.3 Å². The molecular weight excluding hydrogens is 238 g/mol. The van der Waals surface area contributed by atoms with Crippen molar-refractivity contribution in [2.75, 3.05) is 6.54 Å². The first-order valence-electron chi connectivity index (χ1n) is 5.77. The summed E-state index contributed by atoms with van der Waals surface area (Å²) in [5.74, 6) is 0.709. The van der Waals surface area contributed by atoms with Crippen molar-refractivity contribution in [1.29, 1.82) is 0 Å². The average molecular weight is 255 g/mol. The lowest BCUT2D eigenvalue weighted by Gasteiger charge is -2.09. The summed E-state index contributed by atoms with van der Waals surface area (Å²) in [5.41, 5.74) is 5.89. The van der Waals surface area contributed by atoms with Gasteiger partial charge in [0.2, 0.25) is 10.0 Å². The minimum Gasteiger partial charge on any atom is -0.325 e. The van der Waals surface area contributed by atoms with Gasteiger partial charge >= 0.3 is 0 Å². The predicted molar refractivity (Wildman–Crippen MR) is 64.7 cm³/mol. The maximum Gasteiger partial charge on any atom is 0.242 e. The maximum absolute atomic E-state index is 12.0. The van der Waals surface area contributed by atoms with Crippen LogP contribution in [0.3, 0.4) is 0 Å². The van der Waals surface area contributed by atoms with Gasteiger partial charge in [0.15, 0.2) is 0 Å². The smallest absolute Gasteiger partial charge is 0.242 e. The average Bonchev–Trinajstić information content (AvgIpc) is 3.13. The van der Waals surface area contributed by atoms with E-state index in [4.69, 9.17) is 5.73 Å². The van der Waals surface area contributed by atoms with Crippen LogP contribution >= 0.6 is 0 Å². The number of rotatable bonds is 6. The molecule has 2 rings (SSSR count). The Bertz CT molecular complexity index is 483. The first kappa shape index (κ1) is 12.5. The molecule has 1 aromatic heterocycles. The van der Waals surface area contributed by atoms with Crippen LogP contribution in [-0.4, -0.2) is 19.9 Å². The molecule has 0 atom stereocenters. The van der Waals surface area contributed by atoms with E-state index in [9.17, 15) is 8.42 Å². The van der Waals surface area contributed by atoms with Crippen LogP contribution in [-0.2, 0) is 16.6 Å². The quantitative estimate of drug-likeness (QED) is 0.780. The molecule has 0 aromatic carbocycles. The molecule has 6 heteroatoms. The summed E-state index contributed by atoms with van der Waals surface area (Å²) in [6.45, 7) is 0.617. The number of pyridine rings is 1. The lowest BCUT2D eigenvalue weighted by Crippen LogP contribution is -2.26. The molecule has 1 fully saturated rings. The van der Waals surface area contributed by atoms with Gasteiger partial charge in [-0.2, -0.15) is 0 Å². The Morgan fingerprint density at radius 3 is 2.88 bits per heavy atom. The zero-order valence-electron chi connectivity index (χ0n) is 9.59. The first-order valence-corrected chi connectivity index (χ1v) is 7.25. The Labute approximate surface area is 101 Å². The van der Waals surface area contributed by atoms with Gasteiger partial charge in [-0.05, 0) is 24.5 Å². The Kier molecular flexibility index (Phi) is 3.76. The second-order valence-electron chi connectivity index (χ2n) is 4.28. The highest BCUT2D eigenvalue weighted by molar-refractivity contribution is 7.89. The second-order valence-corrected chi connectivity index (χ2v) is 6.02. The Morgan fingerprint density at radius 1 is 1.47 bits per heavy atom. The minimum absolute atomic E-state index is 0.125. The van der Waals surface area contributed by atoms with Crippen molar-refractivity contribution in [2.24, 2.45) is 11.7 Å². The third-order valence-corrected chi connectivity index (χ3v) is 4.41. The van der Waals surface area contributed by atoms with E-state index >= 15 is 0 Å². The van der Waals surface area contributed by atoms with Crippen molar-refractivity contribution in [2.45, 2.75) is 30.7 Å². The van der Waals surface area contributed by atoms with Crippen LogP contribution in [0.4, 0.5) is 0 Å². The van der Waals surface area contributed by atoms with Crippen LogP contribution in [0.1, 0.15) is 25.0 Å². The van der Waals surface area contributed by atoms with Crippen molar-refractivity contribution < 1.29 is 8.42 Å². The van der Waals surface area contributed by atoms with E-state index in [-0.39, 0.29) is 11.4 Å². The van der Waals surface area contributed by atoms with Crippen molar-refractivity contribution in [3.8, 4) is 0 Å². The van der Waals surface area contributed by atoms with Crippen molar-refractivity contribution >= 4 is 10.0 Å². The number of hydrogen-bond donors (Lipinski definition) is 2. The first-order chi connectivity index (χ1) is 8.13. The van der Waals surface area contributed by atoms with Gasteiger partial charge in [0.1, 0.15) is 4.90 Å². The van der Waals surface area contributed by atoms with Gasteiger partial charge in [-0.1, -0.05) is 12.8 Å². The van der Waals surface area contributed by atoms with E-state index in [0.717, 1.165) is 6.42 Å². The molecule has 0 radical (unpaired) electrons. The molecule has 1 aliphatic carbocycles. The lowest BCUT2D eigenvalue weighted by atomic mass is 10.3. The Hall–Kier alpha value is -0.980. The van der Waals surface area contributed by atoms with Crippen molar-refractivity contribution in [3.63, 3.8) is 0 Å². The zero-order chi connectivity index (χ0) is 12.3. The summed E-state index contributed by atoms with van der Waals surface area (Å²) in [7, 11) is -3.46. The van der Waals surface area contributed by atoms with Crippen LogP contribution in [0, 0.1) is 5.92 Å². The van der Waals surface area contributed by atoms with Crippen molar-refractivity contribution in [3.05, 3.63) is 24.0 Å². The summed E-state index contributed by atoms with van der Waals surface area (Å²) in [4.78, 5) is 4.17. The molecule has 1 heterocycles. The normalized spacial score (nSPS) is 16.1. The Morgan fingerprint density at radius 2 is 2.24 bits per heavy atom. The highest BCUT2D eigenvalue weighted by atomic mass is 32.2. The summed E-state index contributed by atoms with van der Waals surface area (Å²) in [6, 6.07) is 3.14. The summed E-state index contributed by atoms with van der Waals surface area (Å²) >= 11 is 0. The summed E-state index contributed by atoms with van der Waals surface area (Å²) in [5, 5.41) is 0.